The average Bonchev–Trinajstić information content (AvgIpc) is 2.28. The lowest BCUT2D eigenvalue weighted by Crippen LogP contribution is -2.06. The lowest BCUT2D eigenvalue weighted by Gasteiger charge is -2.17. The first-order chi connectivity index (χ1) is 7.63. The van der Waals surface area contributed by atoms with Gasteiger partial charge in [0.1, 0.15) is 5.75 Å². The van der Waals surface area contributed by atoms with Crippen molar-refractivity contribution < 1.29 is 14.6 Å². The third-order valence-electron chi connectivity index (χ3n) is 2.62. The normalized spacial score (nSPS) is 12.2. The molecule has 90 valence electrons. The van der Waals surface area contributed by atoms with Crippen molar-refractivity contribution in [1.82, 2.24) is 0 Å². The Labute approximate surface area is 96.0 Å². The van der Waals surface area contributed by atoms with Crippen LogP contribution in [0.5, 0.6) is 17.2 Å². The summed E-state index contributed by atoms with van der Waals surface area (Å²) >= 11 is 0. The van der Waals surface area contributed by atoms with E-state index in [2.05, 4.69) is 0 Å². The van der Waals surface area contributed by atoms with Crippen molar-refractivity contribution in [2.24, 2.45) is 5.73 Å². The fourth-order valence-electron chi connectivity index (χ4n) is 1.75. The van der Waals surface area contributed by atoms with E-state index in [4.69, 9.17) is 15.2 Å². The van der Waals surface area contributed by atoms with Crippen LogP contribution in [0.1, 0.15) is 24.8 Å². The maximum Gasteiger partial charge on any atom is 0.164 e. The molecule has 0 heterocycles. The van der Waals surface area contributed by atoms with E-state index in [1.54, 1.807) is 20.3 Å². The predicted octanol–water partition coefficient (Wildman–Crippen LogP) is 1.86. The van der Waals surface area contributed by atoms with Crippen LogP contribution in [0.25, 0.3) is 0 Å². The molecular weight excluding hydrogens is 206 g/mol. The summed E-state index contributed by atoms with van der Waals surface area (Å²) in [4.78, 5) is 0. The van der Waals surface area contributed by atoms with Gasteiger partial charge in [-0.05, 0) is 24.9 Å². The highest BCUT2D eigenvalue weighted by atomic mass is 16.5. The van der Waals surface area contributed by atoms with E-state index >= 15 is 0 Å². The summed E-state index contributed by atoms with van der Waals surface area (Å²) in [5.41, 5.74) is 6.45. The van der Waals surface area contributed by atoms with Crippen molar-refractivity contribution in [3.05, 3.63) is 17.7 Å². The van der Waals surface area contributed by atoms with Crippen molar-refractivity contribution >= 4 is 0 Å². The van der Waals surface area contributed by atoms with E-state index in [9.17, 15) is 5.11 Å². The molecule has 3 N–H and O–H groups in total. The SMILES string of the molecule is COc1cc(O)cc(C(C)CCN)c1OC. The number of hydrogen-bond donors (Lipinski definition) is 2. The Bertz CT molecular complexity index is 352. The zero-order chi connectivity index (χ0) is 12.1. The Balaban J connectivity index is 3.19. The molecule has 1 aromatic rings. The molecule has 0 amide bonds. The van der Waals surface area contributed by atoms with Crippen molar-refractivity contribution in [2.45, 2.75) is 19.3 Å². The number of hydrogen-bond acceptors (Lipinski definition) is 4. The maximum absolute atomic E-state index is 9.60. The zero-order valence-corrected chi connectivity index (χ0v) is 9.99. The summed E-state index contributed by atoms with van der Waals surface area (Å²) in [5.74, 6) is 1.61. The molecule has 4 heteroatoms. The molecule has 16 heavy (non-hydrogen) atoms. The fraction of sp³-hybridized carbons (Fsp3) is 0.500. The minimum absolute atomic E-state index is 0.177. The van der Waals surface area contributed by atoms with Gasteiger partial charge in [-0.15, -0.1) is 0 Å². The summed E-state index contributed by atoms with van der Waals surface area (Å²) in [7, 11) is 3.14. The average molecular weight is 225 g/mol. The minimum Gasteiger partial charge on any atom is -0.508 e. The molecular formula is C12H19NO3. The number of rotatable bonds is 5. The van der Waals surface area contributed by atoms with Crippen LogP contribution in [0.15, 0.2) is 12.1 Å². The van der Waals surface area contributed by atoms with Gasteiger partial charge in [-0.1, -0.05) is 6.92 Å². The highest BCUT2D eigenvalue weighted by molar-refractivity contribution is 5.52. The van der Waals surface area contributed by atoms with Crippen LogP contribution < -0.4 is 15.2 Å². The molecule has 0 aliphatic heterocycles. The molecule has 1 aromatic carbocycles. The first kappa shape index (κ1) is 12.6. The lowest BCUT2D eigenvalue weighted by atomic mass is 9.96. The van der Waals surface area contributed by atoms with Gasteiger partial charge in [0.15, 0.2) is 11.5 Å². The van der Waals surface area contributed by atoms with E-state index in [1.807, 2.05) is 6.92 Å². The van der Waals surface area contributed by atoms with Gasteiger partial charge in [0.05, 0.1) is 14.2 Å². The van der Waals surface area contributed by atoms with Crippen LogP contribution in [0.3, 0.4) is 0 Å². The van der Waals surface area contributed by atoms with Crippen LogP contribution in [-0.2, 0) is 0 Å². The fourth-order valence-corrected chi connectivity index (χ4v) is 1.75. The molecule has 0 aromatic heterocycles. The first-order valence-corrected chi connectivity index (χ1v) is 5.29. The van der Waals surface area contributed by atoms with E-state index in [1.165, 1.54) is 6.07 Å². The van der Waals surface area contributed by atoms with Gasteiger partial charge in [0.25, 0.3) is 0 Å². The highest BCUT2D eigenvalue weighted by Crippen LogP contribution is 2.39. The lowest BCUT2D eigenvalue weighted by molar-refractivity contribution is 0.345. The van der Waals surface area contributed by atoms with E-state index in [-0.39, 0.29) is 11.7 Å². The van der Waals surface area contributed by atoms with Crippen LogP contribution in [-0.4, -0.2) is 25.9 Å². The summed E-state index contributed by atoms with van der Waals surface area (Å²) in [6.45, 7) is 2.64. The Hall–Kier alpha value is -1.42. The van der Waals surface area contributed by atoms with Gasteiger partial charge in [-0.2, -0.15) is 0 Å². The quantitative estimate of drug-likeness (QED) is 0.802. The van der Waals surface area contributed by atoms with E-state index < -0.39 is 0 Å². The predicted molar refractivity (Wildman–Crippen MR) is 63.3 cm³/mol. The van der Waals surface area contributed by atoms with Crippen LogP contribution >= 0.6 is 0 Å². The number of phenols is 1. The monoisotopic (exact) mass is 225 g/mol. The van der Waals surface area contributed by atoms with Crippen LogP contribution in [0.2, 0.25) is 0 Å². The Morgan fingerprint density at radius 1 is 1.31 bits per heavy atom. The Morgan fingerprint density at radius 2 is 2.00 bits per heavy atom. The molecule has 1 unspecified atom stereocenters. The molecule has 1 atom stereocenters. The first-order valence-electron chi connectivity index (χ1n) is 5.29. The van der Waals surface area contributed by atoms with Gasteiger partial charge < -0.3 is 20.3 Å². The molecule has 0 bridgehead atoms. The molecule has 0 aliphatic carbocycles. The van der Waals surface area contributed by atoms with Gasteiger partial charge in [-0.3, -0.25) is 0 Å². The zero-order valence-electron chi connectivity index (χ0n) is 9.99. The molecule has 1 rings (SSSR count). The summed E-state index contributed by atoms with van der Waals surface area (Å²) in [5, 5.41) is 9.60. The molecule has 0 fully saturated rings. The van der Waals surface area contributed by atoms with Gasteiger partial charge in [-0.25, -0.2) is 0 Å². The van der Waals surface area contributed by atoms with E-state index in [0.717, 1.165) is 12.0 Å². The largest absolute Gasteiger partial charge is 0.508 e. The Morgan fingerprint density at radius 3 is 2.50 bits per heavy atom. The van der Waals surface area contributed by atoms with E-state index in [0.29, 0.717) is 18.0 Å². The van der Waals surface area contributed by atoms with Crippen molar-refractivity contribution in [2.75, 3.05) is 20.8 Å². The standard InChI is InChI=1S/C12H19NO3/c1-8(4-5-13)10-6-9(14)7-11(15-2)12(10)16-3/h6-8,14H,4-5,13H2,1-3H3. The van der Waals surface area contributed by atoms with Crippen LogP contribution in [0.4, 0.5) is 0 Å². The topological polar surface area (TPSA) is 64.7 Å². The number of aromatic hydroxyl groups is 1. The number of nitrogens with two attached hydrogens (primary N) is 1. The van der Waals surface area contributed by atoms with Crippen molar-refractivity contribution in [3.63, 3.8) is 0 Å². The second-order valence-corrected chi connectivity index (χ2v) is 3.75. The van der Waals surface area contributed by atoms with Crippen LogP contribution in [0, 0.1) is 0 Å². The smallest absolute Gasteiger partial charge is 0.164 e. The highest BCUT2D eigenvalue weighted by Gasteiger charge is 2.16. The van der Waals surface area contributed by atoms with Gasteiger partial charge in [0, 0.05) is 11.6 Å². The summed E-state index contributed by atoms with van der Waals surface area (Å²) < 4.78 is 10.5. The summed E-state index contributed by atoms with van der Waals surface area (Å²) in [6, 6.07) is 3.24. The molecule has 0 saturated carbocycles. The number of benzene rings is 1. The minimum atomic E-state index is 0.177. The maximum atomic E-state index is 9.60. The second kappa shape index (κ2) is 5.61. The van der Waals surface area contributed by atoms with Gasteiger partial charge in [0.2, 0.25) is 0 Å². The molecule has 0 aliphatic rings. The Kier molecular flexibility index (Phi) is 4.43. The van der Waals surface area contributed by atoms with Gasteiger partial charge >= 0.3 is 0 Å². The molecule has 0 saturated heterocycles. The number of phenolic OH excluding ortho intramolecular Hbond substituents is 1. The number of methoxy groups -OCH3 is 2. The second-order valence-electron chi connectivity index (χ2n) is 3.75. The van der Waals surface area contributed by atoms with Crippen molar-refractivity contribution in [1.29, 1.82) is 0 Å². The summed E-state index contributed by atoms with van der Waals surface area (Å²) in [6.07, 6.45) is 0.836. The third kappa shape index (κ3) is 2.58. The molecule has 0 spiro atoms. The third-order valence-corrected chi connectivity index (χ3v) is 2.62. The van der Waals surface area contributed by atoms with Crippen molar-refractivity contribution in [3.8, 4) is 17.2 Å². The molecule has 4 nitrogen and oxygen atoms in total. The number of ether oxygens (including phenoxy) is 2. The molecule has 0 radical (unpaired) electrons.